The molecule has 29 heavy (non-hydrogen) atoms. The summed E-state index contributed by atoms with van der Waals surface area (Å²) in [6.07, 6.45) is 3.36. The van der Waals surface area contributed by atoms with E-state index in [-0.39, 0.29) is 18.2 Å². The maximum atomic E-state index is 12.9. The minimum absolute atomic E-state index is 0.0522. The van der Waals surface area contributed by atoms with E-state index in [2.05, 4.69) is 12.1 Å². The van der Waals surface area contributed by atoms with E-state index < -0.39 is 5.60 Å². The monoisotopic (exact) mass is 394 g/mol. The van der Waals surface area contributed by atoms with Gasteiger partial charge in [0.2, 0.25) is 0 Å². The van der Waals surface area contributed by atoms with E-state index in [1.165, 1.54) is 0 Å². The number of aliphatic imine (C=N–C) groups is 1. The van der Waals surface area contributed by atoms with Gasteiger partial charge in [-0.05, 0) is 51.3 Å². The molecular weight excluding hydrogens is 364 g/mol. The van der Waals surface area contributed by atoms with Gasteiger partial charge in [-0.1, -0.05) is 42.5 Å². The summed E-state index contributed by atoms with van der Waals surface area (Å²) in [6.45, 7) is 6.34. The van der Waals surface area contributed by atoms with Gasteiger partial charge in [0, 0.05) is 18.3 Å². The Morgan fingerprint density at radius 3 is 2.48 bits per heavy atom. The zero-order valence-electron chi connectivity index (χ0n) is 17.7. The molecule has 0 aliphatic carbocycles. The van der Waals surface area contributed by atoms with Crippen LogP contribution in [0.15, 0.2) is 59.6 Å². The van der Waals surface area contributed by atoms with Gasteiger partial charge in [0.1, 0.15) is 11.4 Å². The average Bonchev–Trinajstić information content (AvgIpc) is 2.71. The number of carbonyl (C=O) groups excluding carboxylic acids is 1. The summed E-state index contributed by atoms with van der Waals surface area (Å²) < 4.78 is 11.1. The molecule has 0 spiro atoms. The van der Waals surface area contributed by atoms with Gasteiger partial charge in [-0.15, -0.1) is 0 Å². The Bertz CT molecular complexity index is 843. The zero-order chi connectivity index (χ0) is 20.9. The van der Waals surface area contributed by atoms with Crippen molar-refractivity contribution in [2.24, 2.45) is 4.99 Å². The molecule has 0 N–H and O–H groups in total. The van der Waals surface area contributed by atoms with Crippen molar-refractivity contribution < 1.29 is 14.3 Å². The fourth-order valence-corrected chi connectivity index (χ4v) is 3.66. The molecule has 1 heterocycles. The van der Waals surface area contributed by atoms with Gasteiger partial charge in [0.25, 0.3) is 0 Å². The van der Waals surface area contributed by atoms with Gasteiger partial charge in [0.15, 0.2) is 0 Å². The smallest absolute Gasteiger partial charge is 0.410 e. The molecule has 1 aliphatic rings. The van der Waals surface area contributed by atoms with E-state index in [0.717, 1.165) is 29.7 Å². The lowest BCUT2D eigenvalue weighted by atomic mass is 9.91. The molecule has 0 radical (unpaired) electrons. The van der Waals surface area contributed by atoms with Gasteiger partial charge in [0.05, 0.1) is 19.2 Å². The van der Waals surface area contributed by atoms with E-state index in [0.29, 0.717) is 6.54 Å². The van der Waals surface area contributed by atoms with Crippen LogP contribution in [0.25, 0.3) is 0 Å². The van der Waals surface area contributed by atoms with Crippen LogP contribution in [0.4, 0.5) is 4.79 Å². The van der Waals surface area contributed by atoms with Crippen molar-refractivity contribution in [2.75, 3.05) is 13.7 Å². The van der Waals surface area contributed by atoms with Crippen LogP contribution in [0.5, 0.6) is 5.75 Å². The summed E-state index contributed by atoms with van der Waals surface area (Å²) in [6, 6.07) is 17.7. The number of carbonyl (C=O) groups is 1. The third kappa shape index (κ3) is 5.37. The minimum Gasteiger partial charge on any atom is -0.496 e. The predicted molar refractivity (Wildman–Crippen MR) is 116 cm³/mol. The Labute approximate surface area is 173 Å². The van der Waals surface area contributed by atoms with Crippen molar-refractivity contribution in [3.63, 3.8) is 0 Å². The van der Waals surface area contributed by atoms with Crippen LogP contribution in [-0.2, 0) is 4.74 Å². The number of likely N-dealkylation sites (tertiary alicyclic amines) is 1. The van der Waals surface area contributed by atoms with E-state index in [9.17, 15) is 4.79 Å². The molecule has 5 nitrogen and oxygen atoms in total. The van der Waals surface area contributed by atoms with Gasteiger partial charge < -0.3 is 9.47 Å². The summed E-state index contributed by atoms with van der Waals surface area (Å²) in [7, 11) is 1.66. The second-order valence-electron chi connectivity index (χ2n) is 8.26. The van der Waals surface area contributed by atoms with E-state index in [4.69, 9.17) is 14.5 Å². The number of amides is 1. The van der Waals surface area contributed by atoms with Crippen LogP contribution in [0.1, 0.15) is 50.8 Å². The van der Waals surface area contributed by atoms with Crippen LogP contribution in [0.2, 0.25) is 0 Å². The lowest BCUT2D eigenvalue weighted by molar-refractivity contribution is 0.00665. The highest BCUT2D eigenvalue weighted by molar-refractivity contribution is 5.83. The highest BCUT2D eigenvalue weighted by Crippen LogP contribution is 2.34. The SMILES string of the molecule is COc1ccccc1C=N[C@H]1CCCN(C(=O)OC(C)(C)C)[C@H]1c1ccccc1. The number of methoxy groups -OCH3 is 1. The summed E-state index contributed by atoms with van der Waals surface area (Å²) >= 11 is 0. The summed E-state index contributed by atoms with van der Waals surface area (Å²) in [5.41, 5.74) is 1.46. The quantitative estimate of drug-likeness (QED) is 0.665. The molecule has 0 bridgehead atoms. The topological polar surface area (TPSA) is 51.1 Å². The first-order chi connectivity index (χ1) is 13.9. The fourth-order valence-electron chi connectivity index (χ4n) is 3.66. The van der Waals surface area contributed by atoms with Crippen LogP contribution in [0, 0.1) is 0 Å². The Morgan fingerprint density at radius 2 is 1.79 bits per heavy atom. The number of para-hydroxylation sites is 1. The van der Waals surface area contributed by atoms with Crippen molar-refractivity contribution in [2.45, 2.75) is 51.3 Å². The number of hydrogen-bond acceptors (Lipinski definition) is 4. The molecule has 5 heteroatoms. The van der Waals surface area contributed by atoms with Gasteiger partial charge >= 0.3 is 6.09 Å². The normalized spacial score (nSPS) is 19.9. The van der Waals surface area contributed by atoms with Crippen LogP contribution >= 0.6 is 0 Å². The summed E-state index contributed by atoms with van der Waals surface area (Å²) in [5.74, 6) is 0.785. The molecule has 3 rings (SSSR count). The molecule has 0 aromatic heterocycles. The van der Waals surface area contributed by atoms with Gasteiger partial charge in [-0.2, -0.15) is 0 Å². The standard InChI is InChI=1S/C24H30N2O3/c1-24(2,3)29-23(27)26-16-10-14-20(22(26)18-11-6-5-7-12-18)25-17-19-13-8-9-15-21(19)28-4/h5-9,11-13,15,17,20,22H,10,14,16H2,1-4H3/t20-,22-/m0/s1. The van der Waals surface area contributed by atoms with Crippen molar-refractivity contribution in [3.05, 3.63) is 65.7 Å². The highest BCUT2D eigenvalue weighted by Gasteiger charge is 2.37. The highest BCUT2D eigenvalue weighted by atomic mass is 16.6. The first-order valence-electron chi connectivity index (χ1n) is 10.1. The molecule has 0 saturated carbocycles. The first kappa shape index (κ1) is 20.9. The van der Waals surface area contributed by atoms with Crippen LogP contribution in [0.3, 0.4) is 0 Å². The minimum atomic E-state index is -0.536. The molecule has 1 saturated heterocycles. The maximum absolute atomic E-state index is 12.9. The Morgan fingerprint density at radius 1 is 1.10 bits per heavy atom. The van der Waals surface area contributed by atoms with Gasteiger partial charge in [-0.3, -0.25) is 9.89 Å². The van der Waals surface area contributed by atoms with Crippen molar-refractivity contribution in [1.82, 2.24) is 4.90 Å². The molecule has 2 aromatic carbocycles. The Hall–Kier alpha value is -2.82. The Balaban J connectivity index is 1.92. The predicted octanol–water partition coefficient (Wildman–Crippen LogP) is 5.25. The molecule has 1 amide bonds. The summed E-state index contributed by atoms with van der Waals surface area (Å²) in [4.78, 5) is 19.7. The molecule has 2 aromatic rings. The lowest BCUT2D eigenvalue weighted by Crippen LogP contribution is -2.46. The van der Waals surface area contributed by atoms with E-state index >= 15 is 0 Å². The molecule has 154 valence electrons. The van der Waals surface area contributed by atoms with Crippen molar-refractivity contribution in [1.29, 1.82) is 0 Å². The van der Waals surface area contributed by atoms with E-state index in [1.807, 2.05) is 74.4 Å². The average molecular weight is 395 g/mol. The number of hydrogen-bond donors (Lipinski definition) is 0. The van der Waals surface area contributed by atoms with Gasteiger partial charge in [-0.25, -0.2) is 4.79 Å². The number of rotatable bonds is 4. The van der Waals surface area contributed by atoms with Crippen LogP contribution in [-0.4, -0.2) is 42.5 Å². The molecule has 0 unspecified atom stereocenters. The second kappa shape index (κ2) is 9.12. The van der Waals surface area contributed by atoms with Crippen LogP contribution < -0.4 is 4.74 Å². The summed E-state index contributed by atoms with van der Waals surface area (Å²) in [5, 5.41) is 0. The number of piperidine rings is 1. The largest absolute Gasteiger partial charge is 0.496 e. The third-order valence-electron chi connectivity index (χ3n) is 4.91. The molecule has 2 atom stereocenters. The maximum Gasteiger partial charge on any atom is 0.410 e. The fraction of sp³-hybridized carbons (Fsp3) is 0.417. The first-order valence-corrected chi connectivity index (χ1v) is 10.1. The Kier molecular flexibility index (Phi) is 6.57. The lowest BCUT2D eigenvalue weighted by Gasteiger charge is -2.40. The zero-order valence-corrected chi connectivity index (χ0v) is 17.7. The molecule has 1 fully saturated rings. The van der Waals surface area contributed by atoms with Crippen molar-refractivity contribution >= 4 is 12.3 Å². The molecule has 1 aliphatic heterocycles. The third-order valence-corrected chi connectivity index (χ3v) is 4.91. The number of nitrogens with zero attached hydrogens (tertiary/aromatic N) is 2. The second-order valence-corrected chi connectivity index (χ2v) is 8.26. The van der Waals surface area contributed by atoms with E-state index in [1.54, 1.807) is 7.11 Å². The van der Waals surface area contributed by atoms with Crippen molar-refractivity contribution in [3.8, 4) is 5.75 Å². The number of benzene rings is 2. The number of ether oxygens (including phenoxy) is 2. The molecular formula is C24H30N2O3.